The van der Waals surface area contributed by atoms with Crippen molar-refractivity contribution in [3.63, 3.8) is 0 Å². The first-order valence-corrected chi connectivity index (χ1v) is 9.50. The fourth-order valence-electron chi connectivity index (χ4n) is 3.13. The summed E-state index contributed by atoms with van der Waals surface area (Å²) in [4.78, 5) is 20.5. The number of hydrogen-bond donors (Lipinski definition) is 0. The standard InChI is InChI=1S/C18H21ClN2O2S/c1-2-23-18(22)16-10-14(19)11-20-17(16)13-5-7-21(8-6-13)12-15-4-3-9-24-15/h3-4,9-11,13H,2,5-8,12H2,1H3. The van der Waals surface area contributed by atoms with E-state index in [4.69, 9.17) is 16.3 Å². The maximum absolute atomic E-state index is 12.2. The Balaban J connectivity index is 1.68. The fourth-order valence-corrected chi connectivity index (χ4v) is 4.04. The van der Waals surface area contributed by atoms with E-state index in [0.717, 1.165) is 38.2 Å². The summed E-state index contributed by atoms with van der Waals surface area (Å²) < 4.78 is 5.16. The molecular formula is C18H21ClN2O2S. The van der Waals surface area contributed by atoms with Gasteiger partial charge in [0, 0.05) is 23.5 Å². The summed E-state index contributed by atoms with van der Waals surface area (Å²) in [7, 11) is 0. The van der Waals surface area contributed by atoms with Gasteiger partial charge in [-0.25, -0.2) is 4.79 Å². The van der Waals surface area contributed by atoms with Gasteiger partial charge in [-0.1, -0.05) is 17.7 Å². The van der Waals surface area contributed by atoms with Crippen molar-refractivity contribution in [1.29, 1.82) is 0 Å². The molecule has 0 atom stereocenters. The summed E-state index contributed by atoms with van der Waals surface area (Å²) in [6.45, 7) is 5.18. The molecular weight excluding hydrogens is 344 g/mol. The summed E-state index contributed by atoms with van der Waals surface area (Å²) >= 11 is 7.82. The number of nitrogens with zero attached hydrogens (tertiary/aromatic N) is 2. The highest BCUT2D eigenvalue weighted by Crippen LogP contribution is 2.31. The SMILES string of the molecule is CCOC(=O)c1cc(Cl)cnc1C1CCN(Cc2cccs2)CC1. The lowest BCUT2D eigenvalue weighted by atomic mass is 9.90. The number of hydrogen-bond acceptors (Lipinski definition) is 5. The maximum Gasteiger partial charge on any atom is 0.340 e. The number of piperidine rings is 1. The van der Waals surface area contributed by atoms with Gasteiger partial charge in [-0.2, -0.15) is 0 Å². The van der Waals surface area contributed by atoms with Crippen LogP contribution in [0.2, 0.25) is 5.02 Å². The molecule has 3 heterocycles. The number of pyridine rings is 1. The quantitative estimate of drug-likeness (QED) is 0.739. The van der Waals surface area contributed by atoms with Gasteiger partial charge in [0.1, 0.15) is 0 Å². The highest BCUT2D eigenvalue weighted by molar-refractivity contribution is 7.09. The molecule has 128 valence electrons. The molecule has 0 amide bonds. The monoisotopic (exact) mass is 364 g/mol. The second-order valence-corrected chi connectivity index (χ2v) is 7.41. The van der Waals surface area contributed by atoms with Crippen LogP contribution < -0.4 is 0 Å². The normalized spacial score (nSPS) is 16.2. The van der Waals surface area contributed by atoms with E-state index in [1.54, 1.807) is 30.5 Å². The summed E-state index contributed by atoms with van der Waals surface area (Å²) in [5.41, 5.74) is 1.34. The van der Waals surface area contributed by atoms with Crippen LogP contribution in [0, 0.1) is 0 Å². The molecule has 0 N–H and O–H groups in total. The van der Waals surface area contributed by atoms with Gasteiger partial charge in [0.2, 0.25) is 0 Å². The number of ether oxygens (including phenoxy) is 1. The topological polar surface area (TPSA) is 42.4 Å². The third-order valence-corrected chi connectivity index (χ3v) is 5.38. The first-order chi connectivity index (χ1) is 11.7. The van der Waals surface area contributed by atoms with Gasteiger partial charge in [-0.05, 0) is 50.4 Å². The molecule has 0 unspecified atom stereocenters. The van der Waals surface area contributed by atoms with Gasteiger partial charge in [0.15, 0.2) is 0 Å². The lowest BCUT2D eigenvalue weighted by Crippen LogP contribution is -2.33. The Morgan fingerprint density at radius 2 is 2.25 bits per heavy atom. The second-order valence-electron chi connectivity index (χ2n) is 5.94. The van der Waals surface area contributed by atoms with Crippen molar-refractivity contribution >= 4 is 28.9 Å². The average Bonchev–Trinajstić information content (AvgIpc) is 3.09. The molecule has 4 nitrogen and oxygen atoms in total. The van der Waals surface area contributed by atoms with Crippen molar-refractivity contribution in [3.8, 4) is 0 Å². The summed E-state index contributed by atoms with van der Waals surface area (Å²) in [6.07, 6.45) is 3.61. The zero-order valence-corrected chi connectivity index (χ0v) is 15.3. The predicted octanol–water partition coefficient (Wildman–Crippen LogP) is 4.35. The molecule has 3 rings (SSSR count). The van der Waals surface area contributed by atoms with Crippen molar-refractivity contribution in [2.24, 2.45) is 0 Å². The smallest absolute Gasteiger partial charge is 0.340 e. The lowest BCUT2D eigenvalue weighted by molar-refractivity contribution is 0.0523. The van der Waals surface area contributed by atoms with Crippen molar-refractivity contribution < 1.29 is 9.53 Å². The number of carbonyl (C=O) groups is 1. The van der Waals surface area contributed by atoms with E-state index in [1.165, 1.54) is 4.88 Å². The molecule has 1 saturated heterocycles. The Hall–Kier alpha value is -1.43. The van der Waals surface area contributed by atoms with E-state index < -0.39 is 0 Å². The first-order valence-electron chi connectivity index (χ1n) is 8.24. The van der Waals surface area contributed by atoms with Gasteiger partial charge in [0.05, 0.1) is 22.9 Å². The minimum atomic E-state index is -0.330. The van der Waals surface area contributed by atoms with Crippen LogP contribution in [0.15, 0.2) is 29.8 Å². The van der Waals surface area contributed by atoms with E-state index in [2.05, 4.69) is 27.4 Å². The van der Waals surface area contributed by atoms with E-state index >= 15 is 0 Å². The molecule has 2 aromatic heterocycles. The Labute approximate surface area is 151 Å². The van der Waals surface area contributed by atoms with Crippen LogP contribution in [0.5, 0.6) is 0 Å². The summed E-state index contributed by atoms with van der Waals surface area (Å²) in [6, 6.07) is 5.95. The molecule has 0 radical (unpaired) electrons. The predicted molar refractivity (Wildman–Crippen MR) is 96.8 cm³/mol. The Bertz CT molecular complexity index is 682. The number of esters is 1. The molecule has 0 spiro atoms. The Morgan fingerprint density at radius 1 is 1.46 bits per heavy atom. The van der Waals surface area contributed by atoms with Gasteiger partial charge in [0.25, 0.3) is 0 Å². The van der Waals surface area contributed by atoms with E-state index in [1.807, 2.05) is 0 Å². The minimum absolute atomic E-state index is 0.279. The molecule has 2 aromatic rings. The van der Waals surface area contributed by atoms with Gasteiger partial charge < -0.3 is 4.74 Å². The number of aromatic nitrogens is 1. The van der Waals surface area contributed by atoms with Crippen molar-refractivity contribution in [1.82, 2.24) is 9.88 Å². The fraction of sp³-hybridized carbons (Fsp3) is 0.444. The molecule has 1 fully saturated rings. The first kappa shape index (κ1) is 17.4. The van der Waals surface area contributed by atoms with Gasteiger partial charge >= 0.3 is 5.97 Å². The number of carbonyl (C=O) groups excluding carboxylic acids is 1. The minimum Gasteiger partial charge on any atom is -0.462 e. The largest absolute Gasteiger partial charge is 0.462 e. The molecule has 0 aromatic carbocycles. The van der Waals surface area contributed by atoms with Crippen LogP contribution in [0.3, 0.4) is 0 Å². The highest BCUT2D eigenvalue weighted by Gasteiger charge is 2.26. The Morgan fingerprint density at radius 3 is 2.92 bits per heavy atom. The molecule has 1 aliphatic rings. The summed E-state index contributed by atoms with van der Waals surface area (Å²) in [5.74, 6) is -0.0511. The third-order valence-electron chi connectivity index (χ3n) is 4.31. The van der Waals surface area contributed by atoms with Crippen LogP contribution in [-0.4, -0.2) is 35.5 Å². The second kappa shape index (κ2) is 8.10. The maximum atomic E-state index is 12.2. The molecule has 0 saturated carbocycles. The number of halogens is 1. The van der Waals surface area contributed by atoms with Crippen LogP contribution in [0.25, 0.3) is 0 Å². The molecule has 0 aliphatic carbocycles. The van der Waals surface area contributed by atoms with Crippen LogP contribution in [-0.2, 0) is 11.3 Å². The molecule has 24 heavy (non-hydrogen) atoms. The number of likely N-dealkylation sites (tertiary alicyclic amines) is 1. The van der Waals surface area contributed by atoms with Crippen molar-refractivity contribution in [2.75, 3.05) is 19.7 Å². The van der Waals surface area contributed by atoms with Crippen molar-refractivity contribution in [3.05, 3.63) is 50.9 Å². The van der Waals surface area contributed by atoms with Crippen LogP contribution >= 0.6 is 22.9 Å². The third kappa shape index (κ3) is 4.15. The molecule has 0 bridgehead atoms. The van der Waals surface area contributed by atoms with Gasteiger partial charge in [-0.15, -0.1) is 11.3 Å². The highest BCUT2D eigenvalue weighted by atomic mass is 35.5. The lowest BCUT2D eigenvalue weighted by Gasteiger charge is -2.31. The zero-order chi connectivity index (χ0) is 16.9. The Kier molecular flexibility index (Phi) is 5.87. The molecule has 1 aliphatic heterocycles. The van der Waals surface area contributed by atoms with Crippen LogP contribution in [0.4, 0.5) is 0 Å². The van der Waals surface area contributed by atoms with Crippen molar-refractivity contribution in [2.45, 2.75) is 32.2 Å². The zero-order valence-electron chi connectivity index (χ0n) is 13.7. The average molecular weight is 365 g/mol. The van der Waals surface area contributed by atoms with E-state index in [-0.39, 0.29) is 11.9 Å². The molecule has 6 heteroatoms. The van der Waals surface area contributed by atoms with E-state index in [9.17, 15) is 4.79 Å². The number of rotatable bonds is 5. The van der Waals surface area contributed by atoms with E-state index in [0.29, 0.717) is 17.2 Å². The van der Waals surface area contributed by atoms with Gasteiger partial charge in [-0.3, -0.25) is 9.88 Å². The van der Waals surface area contributed by atoms with Crippen LogP contribution in [0.1, 0.15) is 46.6 Å². The summed E-state index contributed by atoms with van der Waals surface area (Å²) in [5, 5.41) is 2.59. The number of thiophene rings is 1.